The summed E-state index contributed by atoms with van der Waals surface area (Å²) >= 11 is 4.77. The summed E-state index contributed by atoms with van der Waals surface area (Å²) in [6, 6.07) is 8.34. The van der Waals surface area contributed by atoms with Crippen LogP contribution in [0.4, 0.5) is 0 Å². The van der Waals surface area contributed by atoms with E-state index in [0.717, 1.165) is 23.5 Å². The lowest BCUT2D eigenvalue weighted by Crippen LogP contribution is -2.39. The Hall–Kier alpha value is -2.33. The zero-order valence-electron chi connectivity index (χ0n) is 16.8. The van der Waals surface area contributed by atoms with Crippen molar-refractivity contribution in [3.63, 3.8) is 0 Å². The Balaban J connectivity index is 1.32. The Bertz CT molecular complexity index is 1220. The number of thiophene rings is 3. The molecule has 0 aromatic carbocycles. The molecule has 1 aliphatic rings. The van der Waals surface area contributed by atoms with Gasteiger partial charge in [0.05, 0.1) is 17.8 Å². The van der Waals surface area contributed by atoms with Crippen LogP contribution in [0.2, 0.25) is 0 Å². The molecular formula is C22H22N4O2S3. The van der Waals surface area contributed by atoms with E-state index in [2.05, 4.69) is 32.7 Å². The van der Waals surface area contributed by atoms with Crippen LogP contribution in [-0.2, 0) is 11.3 Å². The number of nitrogens with one attached hydrogen (secondary N) is 1. The second-order valence-electron chi connectivity index (χ2n) is 7.56. The van der Waals surface area contributed by atoms with Gasteiger partial charge in [0.25, 0.3) is 5.56 Å². The molecule has 0 aliphatic carbocycles. The second kappa shape index (κ2) is 9.04. The third kappa shape index (κ3) is 4.23. The average Bonchev–Trinajstić information content (AvgIpc) is 3.56. The zero-order chi connectivity index (χ0) is 21.2. The molecule has 1 fully saturated rings. The van der Waals surface area contributed by atoms with Gasteiger partial charge in [-0.2, -0.15) is 0 Å². The number of hydrogen-bond acceptors (Lipinski definition) is 7. The second-order valence-corrected chi connectivity index (χ2v) is 10.3. The molecule has 1 atom stereocenters. The van der Waals surface area contributed by atoms with Gasteiger partial charge in [-0.3, -0.25) is 19.1 Å². The van der Waals surface area contributed by atoms with E-state index in [1.807, 2.05) is 22.9 Å². The Morgan fingerprint density at radius 3 is 2.68 bits per heavy atom. The number of aromatic nitrogens is 2. The van der Waals surface area contributed by atoms with Crippen molar-refractivity contribution in [1.29, 1.82) is 0 Å². The molecule has 1 aliphatic heterocycles. The van der Waals surface area contributed by atoms with Gasteiger partial charge < -0.3 is 5.32 Å². The molecule has 0 bridgehead atoms. The van der Waals surface area contributed by atoms with Crippen LogP contribution in [0, 0.1) is 0 Å². The van der Waals surface area contributed by atoms with Crippen molar-refractivity contribution in [3.8, 4) is 10.4 Å². The highest BCUT2D eigenvalue weighted by Crippen LogP contribution is 2.33. The lowest BCUT2D eigenvalue weighted by atomic mass is 10.2. The molecule has 1 amide bonds. The molecule has 1 unspecified atom stereocenters. The minimum Gasteiger partial charge on any atom is -0.353 e. The normalized spacial score (nSPS) is 15.5. The lowest BCUT2D eigenvalue weighted by molar-refractivity contribution is -0.122. The third-order valence-corrected chi connectivity index (χ3v) is 8.37. The van der Waals surface area contributed by atoms with Crippen molar-refractivity contribution in [3.05, 3.63) is 62.0 Å². The first-order chi connectivity index (χ1) is 15.2. The molecule has 9 heteroatoms. The SMILES string of the molecule is O=C(Cn1cnc2scc(-c3cccs3)c2c1=O)NCC(c1cccs1)N1CCCC1. The first-order valence-electron chi connectivity index (χ1n) is 10.3. The maximum Gasteiger partial charge on any atom is 0.263 e. The van der Waals surface area contributed by atoms with Crippen molar-refractivity contribution < 1.29 is 4.79 Å². The minimum absolute atomic E-state index is 0.0291. The Morgan fingerprint density at radius 1 is 1.13 bits per heavy atom. The maximum absolute atomic E-state index is 13.1. The van der Waals surface area contributed by atoms with E-state index in [4.69, 9.17) is 0 Å². The smallest absolute Gasteiger partial charge is 0.263 e. The van der Waals surface area contributed by atoms with E-state index in [-0.39, 0.29) is 24.1 Å². The van der Waals surface area contributed by atoms with Gasteiger partial charge in [0.15, 0.2) is 0 Å². The van der Waals surface area contributed by atoms with Crippen molar-refractivity contribution in [2.75, 3.05) is 19.6 Å². The molecule has 0 saturated carbocycles. The Morgan fingerprint density at radius 2 is 1.94 bits per heavy atom. The van der Waals surface area contributed by atoms with E-state index < -0.39 is 0 Å². The molecule has 5 heterocycles. The number of likely N-dealkylation sites (tertiary alicyclic amines) is 1. The van der Waals surface area contributed by atoms with Crippen molar-refractivity contribution in [2.24, 2.45) is 0 Å². The highest BCUT2D eigenvalue weighted by Gasteiger charge is 2.25. The van der Waals surface area contributed by atoms with Gasteiger partial charge in [-0.05, 0) is 48.8 Å². The number of hydrogen-bond donors (Lipinski definition) is 1. The van der Waals surface area contributed by atoms with E-state index in [1.165, 1.54) is 39.9 Å². The van der Waals surface area contributed by atoms with E-state index in [1.54, 1.807) is 22.7 Å². The molecule has 1 N–H and O–H groups in total. The predicted molar refractivity (Wildman–Crippen MR) is 128 cm³/mol. The zero-order valence-corrected chi connectivity index (χ0v) is 19.3. The molecule has 5 rings (SSSR count). The summed E-state index contributed by atoms with van der Waals surface area (Å²) in [6.07, 6.45) is 3.88. The molecule has 1 saturated heterocycles. The topological polar surface area (TPSA) is 67.2 Å². The van der Waals surface area contributed by atoms with E-state index in [9.17, 15) is 9.59 Å². The molecule has 4 aromatic rings. The van der Waals surface area contributed by atoms with E-state index >= 15 is 0 Å². The summed E-state index contributed by atoms with van der Waals surface area (Å²) in [5, 5.41) is 9.68. The standard InChI is InChI=1S/C22H22N4O2S3/c27-19(23-11-16(18-6-4-10-30-18)25-7-1-2-8-25)12-26-14-24-21-20(22(26)28)15(13-31-21)17-5-3-9-29-17/h3-6,9-10,13-14,16H,1-2,7-8,11-12H2,(H,23,27). The van der Waals surface area contributed by atoms with Gasteiger partial charge in [-0.15, -0.1) is 34.0 Å². The number of nitrogens with zero attached hydrogens (tertiary/aromatic N) is 3. The lowest BCUT2D eigenvalue weighted by Gasteiger charge is -2.27. The van der Waals surface area contributed by atoms with Gasteiger partial charge in [0.2, 0.25) is 5.91 Å². The van der Waals surface area contributed by atoms with Crippen molar-refractivity contribution in [1.82, 2.24) is 19.8 Å². The monoisotopic (exact) mass is 470 g/mol. The van der Waals surface area contributed by atoms with Crippen molar-refractivity contribution in [2.45, 2.75) is 25.4 Å². The largest absolute Gasteiger partial charge is 0.353 e. The molecule has 0 radical (unpaired) electrons. The fourth-order valence-corrected chi connectivity index (χ4v) is 6.64. The predicted octanol–water partition coefficient (Wildman–Crippen LogP) is 4.20. The van der Waals surface area contributed by atoms with Crippen LogP contribution in [0.15, 0.2) is 51.5 Å². The fraction of sp³-hybridized carbons (Fsp3) is 0.318. The van der Waals surface area contributed by atoms with Gasteiger partial charge in [0.1, 0.15) is 11.4 Å². The average molecular weight is 471 g/mol. The molecule has 4 aromatic heterocycles. The fourth-order valence-electron chi connectivity index (χ4n) is 4.06. The Kier molecular flexibility index (Phi) is 5.99. The highest BCUT2D eigenvalue weighted by atomic mass is 32.1. The van der Waals surface area contributed by atoms with Crippen molar-refractivity contribution >= 4 is 50.1 Å². The number of rotatable bonds is 7. The van der Waals surface area contributed by atoms with Gasteiger partial charge >= 0.3 is 0 Å². The summed E-state index contributed by atoms with van der Waals surface area (Å²) in [6.45, 7) is 2.63. The quantitative estimate of drug-likeness (QED) is 0.440. The summed E-state index contributed by atoms with van der Waals surface area (Å²) in [5.41, 5.74) is 0.730. The number of amides is 1. The number of fused-ring (bicyclic) bond motifs is 1. The van der Waals surface area contributed by atoms with Crippen LogP contribution in [-0.4, -0.2) is 40.0 Å². The van der Waals surface area contributed by atoms with Crippen LogP contribution >= 0.6 is 34.0 Å². The van der Waals surface area contributed by atoms with E-state index in [0.29, 0.717) is 16.8 Å². The minimum atomic E-state index is -0.170. The van der Waals surface area contributed by atoms with Crippen LogP contribution in [0.1, 0.15) is 23.8 Å². The van der Waals surface area contributed by atoms with Crippen LogP contribution in [0.25, 0.3) is 20.7 Å². The number of carbonyl (C=O) groups is 1. The summed E-state index contributed by atoms with van der Waals surface area (Å²) in [7, 11) is 0. The number of carbonyl (C=O) groups excluding carboxylic acids is 1. The summed E-state index contributed by atoms with van der Waals surface area (Å²) in [4.78, 5) is 35.7. The Labute approximate surface area is 191 Å². The molecular weight excluding hydrogens is 448 g/mol. The third-order valence-electron chi connectivity index (χ3n) is 5.61. The first-order valence-corrected chi connectivity index (χ1v) is 12.9. The first kappa shape index (κ1) is 20.6. The van der Waals surface area contributed by atoms with Crippen LogP contribution in [0.3, 0.4) is 0 Å². The molecule has 0 spiro atoms. The highest BCUT2D eigenvalue weighted by molar-refractivity contribution is 7.18. The summed E-state index contributed by atoms with van der Waals surface area (Å²) < 4.78 is 1.41. The van der Waals surface area contributed by atoms with Crippen LogP contribution in [0.5, 0.6) is 0 Å². The van der Waals surface area contributed by atoms with Crippen LogP contribution < -0.4 is 10.9 Å². The molecule has 6 nitrogen and oxygen atoms in total. The van der Waals surface area contributed by atoms with Gasteiger partial charge in [-0.25, -0.2) is 4.98 Å². The summed E-state index contributed by atoms with van der Waals surface area (Å²) in [5.74, 6) is -0.170. The van der Waals surface area contributed by atoms with Gasteiger partial charge in [-0.1, -0.05) is 12.1 Å². The maximum atomic E-state index is 13.1. The van der Waals surface area contributed by atoms with Gasteiger partial charge in [0, 0.05) is 27.2 Å². The molecule has 160 valence electrons. The molecule has 31 heavy (non-hydrogen) atoms.